The Morgan fingerprint density at radius 1 is 1.24 bits per heavy atom. The van der Waals surface area contributed by atoms with Gasteiger partial charge in [0.2, 0.25) is 5.91 Å². The monoisotopic (exact) mass is 294 g/mol. The van der Waals surface area contributed by atoms with E-state index < -0.39 is 0 Å². The number of benzene rings is 1. The normalized spacial score (nSPS) is 17.3. The molecule has 6 heteroatoms. The van der Waals surface area contributed by atoms with Crippen molar-refractivity contribution in [2.24, 2.45) is 0 Å². The number of methoxy groups -OCH3 is 2. The van der Waals surface area contributed by atoms with E-state index in [1.807, 2.05) is 0 Å². The molecule has 116 valence electrons. The van der Waals surface area contributed by atoms with Gasteiger partial charge in [0.15, 0.2) is 0 Å². The largest absolute Gasteiger partial charge is 0.496 e. The summed E-state index contributed by atoms with van der Waals surface area (Å²) in [5.41, 5.74) is 0. The van der Waals surface area contributed by atoms with Gasteiger partial charge in [-0.1, -0.05) is 0 Å². The number of ether oxygens (including phenoxy) is 3. The first-order chi connectivity index (χ1) is 10.2. The Hall–Kier alpha value is -1.95. The molecule has 0 radical (unpaired) electrons. The predicted octanol–water partition coefficient (Wildman–Crippen LogP) is 0.951. The van der Waals surface area contributed by atoms with Crippen LogP contribution in [0.2, 0.25) is 0 Å². The molecule has 0 bridgehead atoms. The Morgan fingerprint density at radius 2 is 1.90 bits per heavy atom. The summed E-state index contributed by atoms with van der Waals surface area (Å²) in [6.45, 7) is 1.78. The second-order valence-corrected chi connectivity index (χ2v) is 4.84. The Labute approximate surface area is 124 Å². The molecule has 2 N–H and O–H groups in total. The maximum absolute atomic E-state index is 11.8. The van der Waals surface area contributed by atoms with Gasteiger partial charge in [0, 0.05) is 18.2 Å². The van der Waals surface area contributed by atoms with Crippen LogP contribution in [-0.4, -0.2) is 45.9 Å². The van der Waals surface area contributed by atoms with E-state index in [4.69, 9.17) is 14.2 Å². The standard InChI is InChI=1S/C15H22N2O4/c1-19-11-8-12(20-2)10-13(9-11)21-7-6-17-15(18)14-4-3-5-16-14/h8-10,14,16H,3-7H2,1-2H3,(H,17,18). The maximum atomic E-state index is 11.8. The van der Waals surface area contributed by atoms with Gasteiger partial charge < -0.3 is 24.8 Å². The van der Waals surface area contributed by atoms with Crippen molar-refractivity contribution in [3.63, 3.8) is 0 Å². The number of carbonyl (C=O) groups is 1. The fourth-order valence-electron chi connectivity index (χ4n) is 2.24. The molecule has 1 unspecified atom stereocenters. The second-order valence-electron chi connectivity index (χ2n) is 4.84. The minimum atomic E-state index is -0.0538. The summed E-state index contributed by atoms with van der Waals surface area (Å²) < 4.78 is 16.0. The molecule has 1 atom stereocenters. The van der Waals surface area contributed by atoms with Crippen molar-refractivity contribution in [1.29, 1.82) is 0 Å². The molecule has 21 heavy (non-hydrogen) atoms. The van der Waals surface area contributed by atoms with E-state index in [1.54, 1.807) is 32.4 Å². The fourth-order valence-corrected chi connectivity index (χ4v) is 2.24. The van der Waals surface area contributed by atoms with Crippen molar-refractivity contribution in [2.45, 2.75) is 18.9 Å². The highest BCUT2D eigenvalue weighted by Crippen LogP contribution is 2.27. The molecule has 1 aromatic carbocycles. The van der Waals surface area contributed by atoms with Crippen LogP contribution in [0.4, 0.5) is 0 Å². The third-order valence-electron chi connectivity index (χ3n) is 3.37. The van der Waals surface area contributed by atoms with Gasteiger partial charge in [0.1, 0.15) is 23.9 Å². The molecule has 0 aromatic heterocycles. The van der Waals surface area contributed by atoms with Crippen molar-refractivity contribution in [2.75, 3.05) is 33.9 Å². The van der Waals surface area contributed by atoms with Crippen LogP contribution in [0.15, 0.2) is 18.2 Å². The number of carbonyl (C=O) groups excluding carboxylic acids is 1. The van der Waals surface area contributed by atoms with Gasteiger partial charge in [-0.15, -0.1) is 0 Å². The van der Waals surface area contributed by atoms with E-state index in [0.717, 1.165) is 19.4 Å². The number of hydrogen-bond acceptors (Lipinski definition) is 5. The Kier molecular flexibility index (Phi) is 5.68. The van der Waals surface area contributed by atoms with Gasteiger partial charge in [0.05, 0.1) is 26.8 Å². The lowest BCUT2D eigenvalue weighted by atomic mass is 10.2. The second kappa shape index (κ2) is 7.73. The summed E-state index contributed by atoms with van der Waals surface area (Å²) in [5.74, 6) is 2.03. The Balaban J connectivity index is 1.76. The van der Waals surface area contributed by atoms with Crippen LogP contribution in [0.25, 0.3) is 0 Å². The van der Waals surface area contributed by atoms with Crippen LogP contribution < -0.4 is 24.8 Å². The molecule has 0 aliphatic carbocycles. The first kappa shape index (κ1) is 15.4. The molecule has 2 rings (SSSR count). The van der Waals surface area contributed by atoms with E-state index in [9.17, 15) is 4.79 Å². The summed E-state index contributed by atoms with van der Waals surface area (Å²) in [7, 11) is 3.18. The van der Waals surface area contributed by atoms with Gasteiger partial charge in [-0.25, -0.2) is 0 Å². The van der Waals surface area contributed by atoms with Crippen molar-refractivity contribution >= 4 is 5.91 Å². The molecular weight excluding hydrogens is 272 g/mol. The van der Waals surface area contributed by atoms with Crippen molar-refractivity contribution in [3.8, 4) is 17.2 Å². The van der Waals surface area contributed by atoms with Gasteiger partial charge in [-0.3, -0.25) is 4.79 Å². The summed E-state index contributed by atoms with van der Waals surface area (Å²) >= 11 is 0. The fraction of sp³-hybridized carbons (Fsp3) is 0.533. The summed E-state index contributed by atoms with van der Waals surface area (Å²) in [4.78, 5) is 11.8. The van der Waals surface area contributed by atoms with Crippen LogP contribution >= 0.6 is 0 Å². The van der Waals surface area contributed by atoms with E-state index in [1.165, 1.54) is 0 Å². The molecule has 1 amide bonds. The van der Waals surface area contributed by atoms with E-state index >= 15 is 0 Å². The summed E-state index contributed by atoms with van der Waals surface area (Å²) in [6, 6.07) is 5.29. The quantitative estimate of drug-likeness (QED) is 0.733. The minimum Gasteiger partial charge on any atom is -0.496 e. The van der Waals surface area contributed by atoms with Crippen LogP contribution in [0, 0.1) is 0 Å². The summed E-state index contributed by atoms with van der Waals surface area (Å²) in [5, 5.41) is 6.02. The lowest BCUT2D eigenvalue weighted by molar-refractivity contribution is -0.122. The highest BCUT2D eigenvalue weighted by atomic mass is 16.5. The van der Waals surface area contributed by atoms with Crippen LogP contribution in [-0.2, 0) is 4.79 Å². The third-order valence-corrected chi connectivity index (χ3v) is 3.37. The highest BCUT2D eigenvalue weighted by molar-refractivity contribution is 5.81. The third kappa shape index (κ3) is 4.53. The topological polar surface area (TPSA) is 68.8 Å². The first-order valence-electron chi connectivity index (χ1n) is 7.10. The van der Waals surface area contributed by atoms with Crippen molar-refractivity contribution in [3.05, 3.63) is 18.2 Å². The maximum Gasteiger partial charge on any atom is 0.237 e. The molecule has 1 heterocycles. The molecule has 0 saturated carbocycles. The zero-order valence-electron chi connectivity index (χ0n) is 12.5. The van der Waals surface area contributed by atoms with Crippen LogP contribution in [0.3, 0.4) is 0 Å². The zero-order valence-corrected chi connectivity index (χ0v) is 12.5. The average Bonchev–Trinajstić information content (AvgIpc) is 3.05. The van der Waals surface area contributed by atoms with Gasteiger partial charge in [-0.05, 0) is 19.4 Å². The van der Waals surface area contributed by atoms with Crippen LogP contribution in [0.1, 0.15) is 12.8 Å². The molecule has 1 aliphatic rings. The van der Waals surface area contributed by atoms with Gasteiger partial charge >= 0.3 is 0 Å². The van der Waals surface area contributed by atoms with E-state index in [0.29, 0.717) is 30.4 Å². The SMILES string of the molecule is COc1cc(OC)cc(OCCNC(=O)C2CCCN2)c1. The number of rotatable bonds is 7. The summed E-state index contributed by atoms with van der Waals surface area (Å²) in [6.07, 6.45) is 1.96. The number of hydrogen-bond donors (Lipinski definition) is 2. The minimum absolute atomic E-state index is 0.0410. The van der Waals surface area contributed by atoms with Gasteiger partial charge in [0.25, 0.3) is 0 Å². The number of nitrogens with one attached hydrogen (secondary N) is 2. The lowest BCUT2D eigenvalue weighted by Gasteiger charge is -2.13. The molecule has 1 saturated heterocycles. The number of amides is 1. The van der Waals surface area contributed by atoms with E-state index in [-0.39, 0.29) is 11.9 Å². The lowest BCUT2D eigenvalue weighted by Crippen LogP contribution is -2.41. The Morgan fingerprint density at radius 3 is 2.48 bits per heavy atom. The van der Waals surface area contributed by atoms with Crippen molar-refractivity contribution in [1.82, 2.24) is 10.6 Å². The average molecular weight is 294 g/mol. The highest BCUT2D eigenvalue weighted by Gasteiger charge is 2.21. The van der Waals surface area contributed by atoms with Crippen LogP contribution in [0.5, 0.6) is 17.2 Å². The molecule has 0 spiro atoms. The molecule has 6 nitrogen and oxygen atoms in total. The molecule has 1 aliphatic heterocycles. The van der Waals surface area contributed by atoms with Gasteiger partial charge in [-0.2, -0.15) is 0 Å². The molecule has 1 aromatic rings. The molecule has 1 fully saturated rings. The van der Waals surface area contributed by atoms with E-state index in [2.05, 4.69) is 10.6 Å². The Bertz CT molecular complexity index is 450. The van der Waals surface area contributed by atoms with Crippen molar-refractivity contribution < 1.29 is 19.0 Å². The molecular formula is C15H22N2O4. The zero-order chi connectivity index (χ0) is 15.1. The predicted molar refractivity (Wildman–Crippen MR) is 79.1 cm³/mol. The smallest absolute Gasteiger partial charge is 0.237 e. The first-order valence-corrected chi connectivity index (χ1v) is 7.10.